The molecule has 1 aromatic rings. The van der Waals surface area contributed by atoms with Crippen molar-refractivity contribution in [3.05, 3.63) is 22.9 Å². The second kappa shape index (κ2) is 4.09. The molecule has 0 fully saturated rings. The summed E-state index contributed by atoms with van der Waals surface area (Å²) in [5, 5.41) is 2.80. The summed E-state index contributed by atoms with van der Waals surface area (Å²) in [6, 6.07) is 1.79. The molecule has 0 aliphatic carbocycles. The number of anilines is 1. The molecule has 0 spiro atoms. The minimum atomic E-state index is -0.394. The molecule has 1 amide bonds. The molecule has 0 aromatic carbocycles. The molecular weight excluding hydrogens is 244 g/mol. The quantitative estimate of drug-likeness (QED) is 0.840. The first-order chi connectivity index (χ1) is 6.41. The van der Waals surface area contributed by atoms with E-state index in [2.05, 4.69) is 26.2 Å². The number of carbonyl (C=O) groups excluding carboxylic acids is 1. The average Bonchev–Trinajstić information content (AvgIpc) is 2.07. The van der Waals surface area contributed by atoms with Crippen LogP contribution >= 0.6 is 15.9 Å². The van der Waals surface area contributed by atoms with Crippen molar-refractivity contribution in [2.24, 2.45) is 5.41 Å². The van der Waals surface area contributed by atoms with Gasteiger partial charge in [-0.15, -0.1) is 0 Å². The maximum atomic E-state index is 11.6. The maximum absolute atomic E-state index is 11.6. The van der Waals surface area contributed by atoms with E-state index in [1.807, 2.05) is 20.8 Å². The Labute approximate surface area is 92.1 Å². The molecule has 3 nitrogen and oxygen atoms in total. The molecule has 4 heteroatoms. The Morgan fingerprint density at radius 2 is 2.14 bits per heavy atom. The fourth-order valence-corrected chi connectivity index (χ4v) is 1.10. The number of carbonyl (C=O) groups is 1. The Morgan fingerprint density at radius 3 is 2.64 bits per heavy atom. The zero-order chi connectivity index (χ0) is 10.8. The molecule has 14 heavy (non-hydrogen) atoms. The zero-order valence-electron chi connectivity index (χ0n) is 8.47. The zero-order valence-corrected chi connectivity index (χ0v) is 10.1. The lowest BCUT2D eigenvalue weighted by Crippen LogP contribution is -2.27. The van der Waals surface area contributed by atoms with Crippen LogP contribution in [-0.2, 0) is 4.79 Å². The maximum Gasteiger partial charge on any atom is 0.229 e. The van der Waals surface area contributed by atoms with Crippen molar-refractivity contribution in [2.45, 2.75) is 20.8 Å². The molecule has 1 heterocycles. The number of amides is 1. The van der Waals surface area contributed by atoms with Crippen LogP contribution in [0.3, 0.4) is 0 Å². The van der Waals surface area contributed by atoms with Gasteiger partial charge in [0, 0.05) is 16.1 Å². The number of hydrogen-bond donors (Lipinski definition) is 1. The first kappa shape index (κ1) is 11.2. The molecule has 0 radical (unpaired) electrons. The van der Waals surface area contributed by atoms with Crippen LogP contribution in [-0.4, -0.2) is 10.9 Å². The van der Waals surface area contributed by atoms with E-state index >= 15 is 0 Å². The Morgan fingerprint density at radius 1 is 1.50 bits per heavy atom. The highest BCUT2D eigenvalue weighted by atomic mass is 79.9. The van der Waals surface area contributed by atoms with Crippen molar-refractivity contribution in [1.82, 2.24) is 4.98 Å². The highest BCUT2D eigenvalue weighted by molar-refractivity contribution is 9.10. The van der Waals surface area contributed by atoms with Gasteiger partial charge in [0.05, 0.1) is 11.9 Å². The monoisotopic (exact) mass is 256 g/mol. The lowest BCUT2D eigenvalue weighted by atomic mass is 9.96. The van der Waals surface area contributed by atoms with E-state index in [1.165, 1.54) is 0 Å². The van der Waals surface area contributed by atoms with Crippen LogP contribution in [0.25, 0.3) is 0 Å². The Hall–Kier alpha value is -0.900. The van der Waals surface area contributed by atoms with Crippen LogP contribution < -0.4 is 5.32 Å². The van der Waals surface area contributed by atoms with Crippen LogP contribution in [0.2, 0.25) is 0 Å². The van der Waals surface area contributed by atoms with E-state index < -0.39 is 5.41 Å². The number of aromatic nitrogens is 1. The molecule has 1 aromatic heterocycles. The Balaban J connectivity index is 2.80. The third kappa shape index (κ3) is 2.80. The summed E-state index contributed by atoms with van der Waals surface area (Å²) >= 11 is 3.34. The van der Waals surface area contributed by atoms with Crippen LogP contribution in [0.4, 0.5) is 5.69 Å². The summed E-state index contributed by atoms with van der Waals surface area (Å²) in [7, 11) is 0. The van der Waals surface area contributed by atoms with Gasteiger partial charge >= 0.3 is 0 Å². The molecule has 0 bridgehead atoms. The van der Waals surface area contributed by atoms with Crippen molar-refractivity contribution in [2.75, 3.05) is 5.32 Å². The van der Waals surface area contributed by atoms with E-state index in [4.69, 9.17) is 0 Å². The highest BCUT2D eigenvalue weighted by Gasteiger charge is 2.21. The number of halogens is 1. The number of pyridine rings is 1. The normalized spacial score (nSPS) is 11.1. The van der Waals surface area contributed by atoms with Gasteiger partial charge in [0.1, 0.15) is 0 Å². The Kier molecular flexibility index (Phi) is 3.26. The molecule has 0 saturated carbocycles. The van der Waals surface area contributed by atoms with E-state index in [0.29, 0.717) is 5.69 Å². The highest BCUT2D eigenvalue weighted by Crippen LogP contribution is 2.23. The number of hydrogen-bond acceptors (Lipinski definition) is 2. The predicted octanol–water partition coefficient (Wildman–Crippen LogP) is 2.83. The largest absolute Gasteiger partial charge is 0.323 e. The van der Waals surface area contributed by atoms with Gasteiger partial charge in [0.15, 0.2) is 0 Å². The molecule has 0 aliphatic rings. The van der Waals surface area contributed by atoms with E-state index in [1.54, 1.807) is 18.5 Å². The SMILES string of the molecule is CC(C)(C)C(=O)Nc1cnccc1Br. The summed E-state index contributed by atoms with van der Waals surface area (Å²) in [6.45, 7) is 5.60. The molecule has 76 valence electrons. The van der Waals surface area contributed by atoms with Crippen molar-refractivity contribution in [3.8, 4) is 0 Å². The second-order valence-corrected chi connectivity index (χ2v) is 4.91. The van der Waals surface area contributed by atoms with Crippen molar-refractivity contribution in [1.29, 1.82) is 0 Å². The number of nitrogens with one attached hydrogen (secondary N) is 1. The lowest BCUT2D eigenvalue weighted by Gasteiger charge is -2.17. The van der Waals surface area contributed by atoms with Crippen molar-refractivity contribution in [3.63, 3.8) is 0 Å². The molecule has 0 saturated heterocycles. The second-order valence-electron chi connectivity index (χ2n) is 4.06. The summed E-state index contributed by atoms with van der Waals surface area (Å²) in [5.74, 6) is -0.0220. The minimum absolute atomic E-state index is 0.0220. The summed E-state index contributed by atoms with van der Waals surface area (Å²) in [5.41, 5.74) is 0.308. The third-order valence-corrected chi connectivity index (χ3v) is 2.39. The summed E-state index contributed by atoms with van der Waals surface area (Å²) in [6.07, 6.45) is 3.28. The minimum Gasteiger partial charge on any atom is -0.323 e. The van der Waals surface area contributed by atoms with Gasteiger partial charge in [-0.05, 0) is 22.0 Å². The summed E-state index contributed by atoms with van der Waals surface area (Å²) in [4.78, 5) is 15.6. The predicted molar refractivity (Wildman–Crippen MR) is 60.0 cm³/mol. The first-order valence-electron chi connectivity index (χ1n) is 4.32. The van der Waals surface area contributed by atoms with Gasteiger partial charge in [-0.2, -0.15) is 0 Å². The van der Waals surface area contributed by atoms with Gasteiger partial charge in [-0.25, -0.2) is 0 Å². The number of rotatable bonds is 1. The Bertz CT molecular complexity index is 344. The smallest absolute Gasteiger partial charge is 0.229 e. The molecule has 0 unspecified atom stereocenters. The van der Waals surface area contributed by atoms with Crippen LogP contribution in [0.1, 0.15) is 20.8 Å². The topological polar surface area (TPSA) is 42.0 Å². The van der Waals surface area contributed by atoms with Crippen LogP contribution in [0.15, 0.2) is 22.9 Å². The van der Waals surface area contributed by atoms with E-state index in [-0.39, 0.29) is 5.91 Å². The fourth-order valence-electron chi connectivity index (χ4n) is 0.779. The van der Waals surface area contributed by atoms with Gasteiger partial charge < -0.3 is 5.32 Å². The molecule has 0 atom stereocenters. The molecular formula is C10H13BrN2O. The lowest BCUT2D eigenvalue weighted by molar-refractivity contribution is -0.123. The van der Waals surface area contributed by atoms with Gasteiger partial charge in [0.25, 0.3) is 0 Å². The molecule has 1 N–H and O–H groups in total. The van der Waals surface area contributed by atoms with Crippen molar-refractivity contribution >= 4 is 27.5 Å². The molecule has 1 rings (SSSR count). The van der Waals surface area contributed by atoms with E-state index in [0.717, 1.165) is 4.47 Å². The summed E-state index contributed by atoms with van der Waals surface area (Å²) < 4.78 is 0.838. The number of nitrogens with zero attached hydrogens (tertiary/aromatic N) is 1. The van der Waals surface area contributed by atoms with Gasteiger partial charge in [-0.3, -0.25) is 9.78 Å². The first-order valence-corrected chi connectivity index (χ1v) is 5.11. The third-order valence-electron chi connectivity index (χ3n) is 1.70. The molecule has 0 aliphatic heterocycles. The van der Waals surface area contributed by atoms with Gasteiger partial charge in [-0.1, -0.05) is 20.8 Å². The van der Waals surface area contributed by atoms with Gasteiger partial charge in [0.2, 0.25) is 5.91 Å². The average molecular weight is 257 g/mol. The fraction of sp³-hybridized carbons (Fsp3) is 0.400. The van der Waals surface area contributed by atoms with Crippen molar-refractivity contribution < 1.29 is 4.79 Å². The van der Waals surface area contributed by atoms with E-state index in [9.17, 15) is 4.79 Å². The van der Waals surface area contributed by atoms with Crippen LogP contribution in [0.5, 0.6) is 0 Å². The van der Waals surface area contributed by atoms with Crippen LogP contribution in [0, 0.1) is 5.41 Å². The standard InChI is InChI=1S/C10H13BrN2O/c1-10(2,3)9(14)13-8-6-12-5-4-7(8)11/h4-6H,1-3H3,(H,13,14).